The quantitative estimate of drug-likeness (QED) is 0.177. The topological polar surface area (TPSA) is 3.88 Å². The number of aryl methyl sites for hydroxylation is 2. The van der Waals surface area contributed by atoms with Crippen molar-refractivity contribution in [2.24, 2.45) is 7.05 Å². The second kappa shape index (κ2) is 9.18. The van der Waals surface area contributed by atoms with Crippen LogP contribution in [-0.4, -0.2) is 8.07 Å². The van der Waals surface area contributed by atoms with Gasteiger partial charge in [-0.2, -0.15) is 0 Å². The summed E-state index contributed by atoms with van der Waals surface area (Å²) in [5.41, 5.74) is 7.80. The van der Waals surface area contributed by atoms with E-state index >= 15 is 0 Å². The highest BCUT2D eigenvalue weighted by molar-refractivity contribution is 6.92. The van der Waals surface area contributed by atoms with Crippen LogP contribution in [0.15, 0.2) is 109 Å². The monoisotopic (exact) mass is 486 g/mol. The lowest BCUT2D eigenvalue weighted by molar-refractivity contribution is -0.659. The van der Waals surface area contributed by atoms with Crippen molar-refractivity contribution in [2.45, 2.75) is 38.9 Å². The van der Waals surface area contributed by atoms with Gasteiger partial charge in [0.2, 0.25) is 5.69 Å². The number of hydrogen-bond acceptors (Lipinski definition) is 0. The molecule has 0 saturated heterocycles. The normalized spacial score (nSPS) is 12.2. The van der Waals surface area contributed by atoms with Crippen molar-refractivity contribution in [3.8, 4) is 22.4 Å². The van der Waals surface area contributed by atoms with Gasteiger partial charge in [0.15, 0.2) is 6.20 Å². The molecule has 5 aromatic rings. The minimum Gasteiger partial charge on any atom is -0.200 e. The van der Waals surface area contributed by atoms with E-state index in [2.05, 4.69) is 155 Å². The van der Waals surface area contributed by atoms with E-state index in [1.165, 1.54) is 49.5 Å². The molecule has 0 aliphatic heterocycles. The molecule has 1 nitrogen and oxygen atoms in total. The largest absolute Gasteiger partial charge is 0.220 e. The average molecular weight is 487 g/mol. The molecule has 1 heterocycles. The van der Waals surface area contributed by atoms with Gasteiger partial charge in [-0.15, -0.1) is 0 Å². The van der Waals surface area contributed by atoms with E-state index in [1.807, 2.05) is 0 Å². The van der Waals surface area contributed by atoms with Crippen molar-refractivity contribution in [1.82, 2.24) is 0 Å². The van der Waals surface area contributed by atoms with Crippen molar-refractivity contribution in [3.05, 3.63) is 120 Å². The second-order valence-electron chi connectivity index (χ2n) is 11.1. The Morgan fingerprint density at radius 2 is 1.36 bits per heavy atom. The molecule has 0 unspecified atom stereocenters. The minimum atomic E-state index is -1.84. The van der Waals surface area contributed by atoms with E-state index in [1.54, 1.807) is 0 Å². The molecule has 0 aliphatic rings. The van der Waals surface area contributed by atoms with Gasteiger partial charge in [0, 0.05) is 11.6 Å². The summed E-state index contributed by atoms with van der Waals surface area (Å²) in [6, 6.07) is 38.0. The molecule has 0 radical (unpaired) electrons. The molecule has 180 valence electrons. The standard InChI is InChI=1S/C34H36NSi/c1-25-23-27(26-13-9-7-10-14-26)17-19-31(25)33-32-20-18-30(24-28(32)21-22-35(33)4)36(5,6)34(2,3)29-15-11-8-12-16-29/h7-24H,1-6H3/q+1. The van der Waals surface area contributed by atoms with Gasteiger partial charge in [-0.25, -0.2) is 4.57 Å². The van der Waals surface area contributed by atoms with Crippen LogP contribution in [0.4, 0.5) is 0 Å². The summed E-state index contributed by atoms with van der Waals surface area (Å²) in [6.07, 6.45) is 2.21. The van der Waals surface area contributed by atoms with Crippen LogP contribution in [0.1, 0.15) is 25.0 Å². The van der Waals surface area contributed by atoms with E-state index in [9.17, 15) is 0 Å². The smallest absolute Gasteiger partial charge is 0.200 e. The number of benzene rings is 4. The molecule has 5 rings (SSSR count). The third-order valence-corrected chi connectivity index (χ3v) is 13.7. The Morgan fingerprint density at radius 1 is 0.694 bits per heavy atom. The van der Waals surface area contributed by atoms with E-state index in [0.717, 1.165) is 0 Å². The highest BCUT2D eigenvalue weighted by Gasteiger charge is 2.41. The molecule has 4 aromatic carbocycles. The van der Waals surface area contributed by atoms with Crippen LogP contribution in [0.25, 0.3) is 33.2 Å². The molecule has 36 heavy (non-hydrogen) atoms. The summed E-state index contributed by atoms with van der Waals surface area (Å²) in [4.78, 5) is 0. The number of fused-ring (bicyclic) bond motifs is 1. The van der Waals surface area contributed by atoms with Gasteiger partial charge in [0.1, 0.15) is 7.05 Å². The molecule has 0 spiro atoms. The van der Waals surface area contributed by atoms with Crippen molar-refractivity contribution in [2.75, 3.05) is 0 Å². The Bertz CT molecular complexity index is 1530. The number of hydrogen-bond donors (Lipinski definition) is 0. The molecule has 0 aliphatic carbocycles. The molecule has 2 heteroatoms. The molecular weight excluding hydrogens is 450 g/mol. The average Bonchev–Trinajstić information content (AvgIpc) is 2.89. The van der Waals surface area contributed by atoms with Gasteiger partial charge >= 0.3 is 0 Å². The summed E-state index contributed by atoms with van der Waals surface area (Å²) in [7, 11) is 0.319. The molecule has 1 aromatic heterocycles. The van der Waals surface area contributed by atoms with Gasteiger partial charge in [-0.05, 0) is 51.7 Å². The Labute approximate surface area is 217 Å². The van der Waals surface area contributed by atoms with Crippen LogP contribution < -0.4 is 9.75 Å². The van der Waals surface area contributed by atoms with Crippen LogP contribution in [-0.2, 0) is 12.1 Å². The van der Waals surface area contributed by atoms with Crippen LogP contribution in [0.3, 0.4) is 0 Å². The predicted molar refractivity (Wildman–Crippen MR) is 157 cm³/mol. The Hall–Kier alpha value is -3.49. The molecule has 0 bridgehead atoms. The van der Waals surface area contributed by atoms with E-state index in [4.69, 9.17) is 0 Å². The first kappa shape index (κ1) is 24.2. The fraction of sp³-hybridized carbons (Fsp3) is 0.206. The zero-order valence-corrected chi connectivity index (χ0v) is 23.3. The van der Waals surface area contributed by atoms with Gasteiger partial charge < -0.3 is 0 Å². The minimum absolute atomic E-state index is 0.119. The van der Waals surface area contributed by atoms with Crippen LogP contribution in [0, 0.1) is 6.92 Å². The Balaban J connectivity index is 1.60. The summed E-state index contributed by atoms with van der Waals surface area (Å²) < 4.78 is 2.27. The van der Waals surface area contributed by atoms with Crippen molar-refractivity contribution in [1.29, 1.82) is 0 Å². The van der Waals surface area contributed by atoms with E-state index in [-0.39, 0.29) is 5.04 Å². The van der Waals surface area contributed by atoms with Crippen molar-refractivity contribution in [3.63, 3.8) is 0 Å². The first-order chi connectivity index (χ1) is 17.2. The first-order valence-electron chi connectivity index (χ1n) is 12.8. The van der Waals surface area contributed by atoms with Crippen molar-refractivity contribution < 1.29 is 4.57 Å². The Morgan fingerprint density at radius 3 is 2.03 bits per heavy atom. The number of nitrogens with zero attached hydrogens (tertiary/aromatic N) is 1. The zero-order chi connectivity index (χ0) is 25.5. The highest BCUT2D eigenvalue weighted by atomic mass is 28.3. The zero-order valence-electron chi connectivity index (χ0n) is 22.3. The fourth-order valence-electron chi connectivity index (χ4n) is 5.41. The maximum atomic E-state index is 2.51. The third-order valence-electron chi connectivity index (χ3n) is 8.51. The van der Waals surface area contributed by atoms with Gasteiger partial charge in [0.25, 0.3) is 0 Å². The number of rotatable bonds is 5. The van der Waals surface area contributed by atoms with Gasteiger partial charge in [-0.3, -0.25) is 0 Å². The highest BCUT2D eigenvalue weighted by Crippen LogP contribution is 2.35. The molecule has 0 atom stereocenters. The van der Waals surface area contributed by atoms with Crippen LogP contribution >= 0.6 is 0 Å². The summed E-state index contributed by atoms with van der Waals surface area (Å²) in [5, 5.41) is 4.24. The molecule has 0 saturated carbocycles. The van der Waals surface area contributed by atoms with E-state index in [0.29, 0.717) is 0 Å². The number of pyridine rings is 1. The summed E-state index contributed by atoms with van der Waals surface area (Å²) >= 11 is 0. The molecular formula is C34H36NSi+. The molecule has 0 fully saturated rings. The summed E-state index contributed by atoms with van der Waals surface area (Å²) in [6.45, 7) is 12.1. The maximum Gasteiger partial charge on any atom is 0.220 e. The van der Waals surface area contributed by atoms with E-state index < -0.39 is 8.07 Å². The van der Waals surface area contributed by atoms with Crippen LogP contribution in [0.5, 0.6) is 0 Å². The lowest BCUT2D eigenvalue weighted by atomic mass is 9.95. The van der Waals surface area contributed by atoms with Crippen molar-refractivity contribution >= 4 is 24.0 Å². The number of aromatic nitrogens is 1. The van der Waals surface area contributed by atoms with Gasteiger partial charge in [-0.1, -0.05) is 117 Å². The van der Waals surface area contributed by atoms with Crippen LogP contribution in [0.2, 0.25) is 13.1 Å². The summed E-state index contributed by atoms with van der Waals surface area (Å²) in [5.74, 6) is 0. The maximum absolute atomic E-state index is 2.51. The molecule has 0 N–H and O–H groups in total. The molecule has 0 amide bonds. The van der Waals surface area contributed by atoms with Gasteiger partial charge in [0.05, 0.1) is 13.5 Å². The fourth-order valence-corrected chi connectivity index (χ4v) is 8.04. The SMILES string of the molecule is Cc1cc(-c2ccccc2)ccc1-c1c2ccc([Si](C)(C)C(C)(C)c3ccccc3)cc2cc[n+]1C. The third kappa shape index (κ3) is 4.10. The first-order valence-corrected chi connectivity index (χ1v) is 15.8. The lowest BCUT2D eigenvalue weighted by Crippen LogP contribution is -2.57. The lowest BCUT2D eigenvalue weighted by Gasteiger charge is -2.41. The Kier molecular flexibility index (Phi) is 6.18. The second-order valence-corrected chi connectivity index (χ2v) is 16.2. The predicted octanol–water partition coefficient (Wildman–Crippen LogP) is 7.74.